The van der Waals surface area contributed by atoms with Gasteiger partial charge in [-0.2, -0.15) is 4.72 Å². The first-order chi connectivity index (χ1) is 10.0. The normalized spacial score (nSPS) is 13.3. The Bertz CT molecular complexity index is 639. The van der Waals surface area contributed by atoms with E-state index in [0.29, 0.717) is 25.2 Å². The standard InChI is InChI=1S/C13H18I2N2O4S/c1-7(2)3-4-11(13(18)19)17-22(20,21)8-5-9(14)12(16)10(15)6-8/h5-7,11,17H,3-4,16H2,1-2H3,(H,18,19). The fourth-order valence-electron chi connectivity index (χ4n) is 1.70. The highest BCUT2D eigenvalue weighted by Crippen LogP contribution is 2.26. The van der Waals surface area contributed by atoms with Crippen LogP contribution >= 0.6 is 45.2 Å². The SMILES string of the molecule is CC(C)CCC(NS(=O)(=O)c1cc(I)c(N)c(I)c1)C(=O)O. The summed E-state index contributed by atoms with van der Waals surface area (Å²) in [5.74, 6) is -0.881. The minimum absolute atomic E-state index is 0.0197. The second-order valence-corrected chi connectivity index (χ2v) is 9.32. The largest absolute Gasteiger partial charge is 0.480 e. The highest BCUT2D eigenvalue weighted by Gasteiger charge is 2.26. The summed E-state index contributed by atoms with van der Waals surface area (Å²) in [4.78, 5) is 11.3. The number of hydrogen-bond donors (Lipinski definition) is 3. The van der Waals surface area contributed by atoms with E-state index in [1.54, 1.807) is 0 Å². The van der Waals surface area contributed by atoms with Crippen LogP contribution in [0.3, 0.4) is 0 Å². The molecule has 0 fully saturated rings. The number of aliphatic carboxylic acids is 1. The first kappa shape index (κ1) is 19.9. The molecule has 1 aromatic rings. The Morgan fingerprint density at radius 1 is 1.27 bits per heavy atom. The number of carbonyl (C=O) groups is 1. The quantitative estimate of drug-likeness (QED) is 0.356. The monoisotopic (exact) mass is 552 g/mol. The van der Waals surface area contributed by atoms with Crippen LogP contribution in [0.4, 0.5) is 5.69 Å². The molecule has 0 aliphatic rings. The second-order valence-electron chi connectivity index (χ2n) is 5.28. The third-order valence-electron chi connectivity index (χ3n) is 2.99. The zero-order valence-electron chi connectivity index (χ0n) is 12.1. The van der Waals surface area contributed by atoms with E-state index in [1.807, 2.05) is 59.0 Å². The van der Waals surface area contributed by atoms with Crippen molar-refractivity contribution in [2.45, 2.75) is 37.6 Å². The van der Waals surface area contributed by atoms with Gasteiger partial charge in [0.2, 0.25) is 10.0 Å². The molecule has 9 heteroatoms. The predicted octanol–water partition coefficient (Wildman–Crippen LogP) is 2.65. The zero-order valence-corrected chi connectivity index (χ0v) is 17.3. The van der Waals surface area contributed by atoms with Gasteiger partial charge in [-0.15, -0.1) is 0 Å². The number of anilines is 1. The van der Waals surface area contributed by atoms with Crippen LogP contribution in [0, 0.1) is 13.1 Å². The van der Waals surface area contributed by atoms with Crippen molar-refractivity contribution in [3.63, 3.8) is 0 Å². The number of sulfonamides is 1. The molecule has 0 aromatic heterocycles. The molecule has 1 rings (SSSR count). The average molecular weight is 552 g/mol. The molecule has 0 aliphatic carbocycles. The lowest BCUT2D eigenvalue weighted by molar-refractivity contribution is -0.139. The average Bonchev–Trinajstić information content (AvgIpc) is 2.39. The summed E-state index contributed by atoms with van der Waals surface area (Å²) >= 11 is 3.90. The van der Waals surface area contributed by atoms with E-state index >= 15 is 0 Å². The molecule has 1 unspecified atom stereocenters. The molecule has 0 saturated carbocycles. The number of nitrogens with two attached hydrogens (primary N) is 1. The summed E-state index contributed by atoms with van der Waals surface area (Å²) in [6.45, 7) is 3.91. The van der Waals surface area contributed by atoms with Crippen molar-refractivity contribution >= 4 is 66.9 Å². The molecule has 22 heavy (non-hydrogen) atoms. The van der Waals surface area contributed by atoms with Crippen molar-refractivity contribution in [2.24, 2.45) is 5.92 Å². The molecule has 0 saturated heterocycles. The van der Waals surface area contributed by atoms with Crippen LogP contribution < -0.4 is 10.5 Å². The van der Waals surface area contributed by atoms with Gasteiger partial charge in [0.1, 0.15) is 6.04 Å². The van der Waals surface area contributed by atoms with E-state index in [9.17, 15) is 18.3 Å². The Morgan fingerprint density at radius 2 is 1.77 bits per heavy atom. The van der Waals surface area contributed by atoms with E-state index < -0.39 is 22.0 Å². The zero-order chi connectivity index (χ0) is 17.1. The Balaban J connectivity index is 3.05. The number of hydrogen-bond acceptors (Lipinski definition) is 4. The number of carboxylic acid groups (broad SMARTS) is 1. The fraction of sp³-hybridized carbons (Fsp3) is 0.462. The molecular weight excluding hydrogens is 534 g/mol. The van der Waals surface area contributed by atoms with Gasteiger partial charge in [0.05, 0.1) is 10.6 Å². The van der Waals surface area contributed by atoms with E-state index in [-0.39, 0.29) is 11.3 Å². The van der Waals surface area contributed by atoms with Gasteiger partial charge in [-0.05, 0) is 76.1 Å². The topological polar surface area (TPSA) is 109 Å². The van der Waals surface area contributed by atoms with Gasteiger partial charge in [-0.3, -0.25) is 4.79 Å². The highest BCUT2D eigenvalue weighted by molar-refractivity contribution is 14.1. The summed E-state index contributed by atoms with van der Waals surface area (Å²) < 4.78 is 28.3. The lowest BCUT2D eigenvalue weighted by atomic mass is 10.0. The maximum absolute atomic E-state index is 12.4. The molecule has 0 aliphatic heterocycles. The van der Waals surface area contributed by atoms with Crippen LogP contribution in [-0.4, -0.2) is 25.5 Å². The van der Waals surface area contributed by atoms with E-state index in [4.69, 9.17) is 5.73 Å². The predicted molar refractivity (Wildman–Crippen MR) is 102 cm³/mol. The third kappa shape index (κ3) is 5.49. The lowest BCUT2D eigenvalue weighted by Gasteiger charge is -2.16. The molecule has 1 atom stereocenters. The Morgan fingerprint density at radius 3 is 2.18 bits per heavy atom. The number of halogens is 2. The van der Waals surface area contributed by atoms with E-state index in [2.05, 4.69) is 4.72 Å². The van der Waals surface area contributed by atoms with Crippen molar-refractivity contribution < 1.29 is 18.3 Å². The van der Waals surface area contributed by atoms with E-state index in [1.165, 1.54) is 12.1 Å². The number of nitrogens with one attached hydrogen (secondary N) is 1. The molecule has 0 heterocycles. The van der Waals surface area contributed by atoms with Crippen LogP contribution in [0.15, 0.2) is 17.0 Å². The van der Waals surface area contributed by atoms with Gasteiger partial charge >= 0.3 is 5.97 Å². The Labute approximate surface area is 157 Å². The molecule has 6 nitrogen and oxygen atoms in total. The fourth-order valence-corrected chi connectivity index (χ4v) is 5.17. The van der Waals surface area contributed by atoms with Crippen LogP contribution in [0.2, 0.25) is 0 Å². The summed E-state index contributed by atoms with van der Waals surface area (Å²) in [5.41, 5.74) is 6.31. The molecule has 124 valence electrons. The Kier molecular flexibility index (Phi) is 7.33. The molecule has 4 N–H and O–H groups in total. The lowest BCUT2D eigenvalue weighted by Crippen LogP contribution is -2.40. The van der Waals surface area contributed by atoms with Crippen LogP contribution in [0.1, 0.15) is 26.7 Å². The molecular formula is C13H18I2N2O4S. The molecule has 0 radical (unpaired) electrons. The minimum Gasteiger partial charge on any atom is -0.480 e. The van der Waals surface area contributed by atoms with Gasteiger partial charge in [0.25, 0.3) is 0 Å². The first-order valence-electron chi connectivity index (χ1n) is 6.54. The number of rotatable bonds is 7. The maximum Gasteiger partial charge on any atom is 0.321 e. The second kappa shape index (κ2) is 8.11. The van der Waals surface area contributed by atoms with Gasteiger partial charge in [0.15, 0.2) is 0 Å². The summed E-state index contributed by atoms with van der Waals surface area (Å²) in [7, 11) is -3.91. The molecule has 0 amide bonds. The summed E-state index contributed by atoms with van der Waals surface area (Å²) in [5, 5.41) is 9.20. The molecule has 0 bridgehead atoms. The van der Waals surface area contributed by atoms with Crippen LogP contribution in [-0.2, 0) is 14.8 Å². The van der Waals surface area contributed by atoms with Crippen molar-refractivity contribution in [1.82, 2.24) is 4.72 Å². The van der Waals surface area contributed by atoms with Gasteiger partial charge in [-0.1, -0.05) is 13.8 Å². The van der Waals surface area contributed by atoms with Gasteiger partial charge in [0, 0.05) is 7.14 Å². The number of carboxylic acids is 1. The number of benzene rings is 1. The smallest absolute Gasteiger partial charge is 0.321 e. The summed E-state index contributed by atoms with van der Waals surface area (Å²) in [6, 6.07) is 1.73. The number of nitrogen functional groups attached to an aromatic ring is 1. The van der Waals surface area contributed by atoms with Crippen LogP contribution in [0.5, 0.6) is 0 Å². The first-order valence-corrected chi connectivity index (χ1v) is 10.2. The maximum atomic E-state index is 12.4. The van der Waals surface area contributed by atoms with Crippen molar-refractivity contribution in [3.8, 4) is 0 Å². The van der Waals surface area contributed by atoms with Crippen molar-refractivity contribution in [1.29, 1.82) is 0 Å². The van der Waals surface area contributed by atoms with Crippen molar-refractivity contribution in [2.75, 3.05) is 5.73 Å². The minimum atomic E-state index is -3.91. The molecule has 1 aromatic carbocycles. The third-order valence-corrected chi connectivity index (χ3v) is 6.23. The Hall–Kier alpha value is -0.140. The highest BCUT2D eigenvalue weighted by atomic mass is 127. The molecule has 0 spiro atoms. The van der Waals surface area contributed by atoms with Crippen molar-refractivity contribution in [3.05, 3.63) is 19.3 Å². The van der Waals surface area contributed by atoms with E-state index in [0.717, 1.165) is 0 Å². The van der Waals surface area contributed by atoms with Crippen LogP contribution in [0.25, 0.3) is 0 Å². The summed E-state index contributed by atoms with van der Waals surface area (Å²) in [6.07, 6.45) is 0.867. The van der Waals surface area contributed by atoms with Gasteiger partial charge in [-0.25, -0.2) is 8.42 Å². The van der Waals surface area contributed by atoms with Gasteiger partial charge < -0.3 is 10.8 Å².